The molecule has 20 heavy (non-hydrogen) atoms. The monoisotopic (exact) mass is 278 g/mol. The Morgan fingerprint density at radius 2 is 1.70 bits per heavy atom. The van der Waals surface area contributed by atoms with E-state index in [9.17, 15) is 4.79 Å². The average Bonchev–Trinajstić information content (AvgIpc) is 2.47. The fourth-order valence-electron chi connectivity index (χ4n) is 2.37. The van der Waals surface area contributed by atoms with E-state index in [0.29, 0.717) is 0 Å². The summed E-state index contributed by atoms with van der Waals surface area (Å²) in [5.41, 5.74) is 1.00. The Morgan fingerprint density at radius 1 is 1.05 bits per heavy atom. The molecule has 3 heteroatoms. The first-order valence-corrected chi connectivity index (χ1v) is 7.59. The molecular formula is C17H26O3. The molecule has 0 aliphatic carbocycles. The van der Waals surface area contributed by atoms with Crippen molar-refractivity contribution >= 4 is 5.97 Å². The zero-order valence-corrected chi connectivity index (χ0v) is 12.6. The standard InChI is InChI=1S/C17H26O3/c1-3-4-5-6-7-11-14-16(17(18)20-19-2)15-12-9-8-10-13-15/h8-10,12-13,16H,3-7,11,14H2,1-2H3. The van der Waals surface area contributed by atoms with Crippen LogP contribution in [-0.4, -0.2) is 13.1 Å². The zero-order valence-electron chi connectivity index (χ0n) is 12.6. The maximum absolute atomic E-state index is 12.0. The second-order valence-electron chi connectivity index (χ2n) is 5.09. The van der Waals surface area contributed by atoms with E-state index in [4.69, 9.17) is 4.89 Å². The van der Waals surface area contributed by atoms with Gasteiger partial charge in [0.25, 0.3) is 0 Å². The van der Waals surface area contributed by atoms with Crippen LogP contribution in [0.25, 0.3) is 0 Å². The molecule has 3 nitrogen and oxygen atoms in total. The number of hydrogen-bond acceptors (Lipinski definition) is 3. The summed E-state index contributed by atoms with van der Waals surface area (Å²) < 4.78 is 0. The van der Waals surface area contributed by atoms with E-state index in [1.807, 2.05) is 30.3 Å². The molecule has 1 atom stereocenters. The van der Waals surface area contributed by atoms with Crippen LogP contribution in [0.2, 0.25) is 0 Å². The molecule has 0 saturated heterocycles. The minimum Gasteiger partial charge on any atom is -0.298 e. The van der Waals surface area contributed by atoms with Gasteiger partial charge in [-0.3, -0.25) is 4.89 Å². The van der Waals surface area contributed by atoms with Crippen molar-refractivity contribution in [3.8, 4) is 0 Å². The van der Waals surface area contributed by atoms with Gasteiger partial charge in [-0.15, -0.1) is 0 Å². The van der Waals surface area contributed by atoms with E-state index < -0.39 is 0 Å². The van der Waals surface area contributed by atoms with Gasteiger partial charge in [-0.25, -0.2) is 4.79 Å². The van der Waals surface area contributed by atoms with Crippen LogP contribution < -0.4 is 0 Å². The Morgan fingerprint density at radius 3 is 2.35 bits per heavy atom. The number of benzene rings is 1. The van der Waals surface area contributed by atoms with Crippen molar-refractivity contribution in [2.75, 3.05) is 7.11 Å². The maximum Gasteiger partial charge on any atom is 0.349 e. The first-order chi connectivity index (χ1) is 9.79. The Hall–Kier alpha value is -1.35. The summed E-state index contributed by atoms with van der Waals surface area (Å²) in [6.07, 6.45) is 8.12. The predicted molar refractivity (Wildman–Crippen MR) is 80.3 cm³/mol. The van der Waals surface area contributed by atoms with E-state index >= 15 is 0 Å². The summed E-state index contributed by atoms with van der Waals surface area (Å²) in [5, 5.41) is 0. The molecule has 1 aromatic carbocycles. The lowest BCUT2D eigenvalue weighted by Gasteiger charge is -2.14. The lowest BCUT2D eigenvalue weighted by Crippen LogP contribution is -2.15. The molecular weight excluding hydrogens is 252 g/mol. The number of unbranched alkanes of at least 4 members (excludes halogenated alkanes) is 5. The van der Waals surface area contributed by atoms with Gasteiger partial charge in [-0.05, 0) is 12.0 Å². The van der Waals surface area contributed by atoms with Crippen molar-refractivity contribution in [1.29, 1.82) is 0 Å². The highest BCUT2D eigenvalue weighted by atomic mass is 17.2. The minimum absolute atomic E-state index is 0.220. The first-order valence-electron chi connectivity index (χ1n) is 7.59. The molecule has 0 amide bonds. The summed E-state index contributed by atoms with van der Waals surface area (Å²) in [6, 6.07) is 9.79. The highest BCUT2D eigenvalue weighted by Gasteiger charge is 2.22. The summed E-state index contributed by atoms with van der Waals surface area (Å²) in [6.45, 7) is 2.21. The average molecular weight is 278 g/mol. The van der Waals surface area contributed by atoms with Crippen LogP contribution >= 0.6 is 0 Å². The van der Waals surface area contributed by atoms with Crippen LogP contribution in [0.5, 0.6) is 0 Å². The molecule has 0 fully saturated rings. The maximum atomic E-state index is 12.0. The van der Waals surface area contributed by atoms with E-state index in [1.54, 1.807) is 0 Å². The molecule has 0 aromatic heterocycles. The highest BCUT2D eigenvalue weighted by Crippen LogP contribution is 2.24. The van der Waals surface area contributed by atoms with Crippen molar-refractivity contribution in [3.05, 3.63) is 35.9 Å². The second kappa shape index (κ2) is 10.4. The van der Waals surface area contributed by atoms with E-state index in [-0.39, 0.29) is 11.9 Å². The van der Waals surface area contributed by atoms with Crippen LogP contribution in [0.4, 0.5) is 0 Å². The first kappa shape index (κ1) is 16.7. The highest BCUT2D eigenvalue weighted by molar-refractivity contribution is 5.77. The summed E-state index contributed by atoms with van der Waals surface area (Å²) >= 11 is 0. The number of carbonyl (C=O) groups is 1. The van der Waals surface area contributed by atoms with Crippen molar-refractivity contribution in [2.45, 2.75) is 57.8 Å². The number of carbonyl (C=O) groups excluding carboxylic acids is 1. The quantitative estimate of drug-likeness (QED) is 0.356. The normalized spacial score (nSPS) is 12.1. The van der Waals surface area contributed by atoms with E-state index in [0.717, 1.165) is 18.4 Å². The molecule has 0 N–H and O–H groups in total. The fraction of sp³-hybridized carbons (Fsp3) is 0.588. The Balaban J connectivity index is 2.45. The van der Waals surface area contributed by atoms with Crippen LogP contribution in [-0.2, 0) is 14.6 Å². The SMILES string of the molecule is CCCCCCCCC(C(=O)OOC)c1ccccc1. The molecule has 0 heterocycles. The summed E-state index contributed by atoms with van der Waals surface area (Å²) in [4.78, 5) is 21.2. The molecule has 1 rings (SSSR count). The largest absolute Gasteiger partial charge is 0.349 e. The Bertz CT molecular complexity index is 362. The van der Waals surface area contributed by atoms with Gasteiger partial charge < -0.3 is 0 Å². The molecule has 0 spiro atoms. The van der Waals surface area contributed by atoms with Crippen LogP contribution in [0, 0.1) is 0 Å². The van der Waals surface area contributed by atoms with Crippen molar-refractivity contribution < 1.29 is 14.6 Å². The van der Waals surface area contributed by atoms with Gasteiger partial charge in [0.15, 0.2) is 0 Å². The van der Waals surface area contributed by atoms with Crippen molar-refractivity contribution in [3.63, 3.8) is 0 Å². The van der Waals surface area contributed by atoms with Crippen LogP contribution in [0.1, 0.15) is 63.4 Å². The van der Waals surface area contributed by atoms with Crippen LogP contribution in [0.3, 0.4) is 0 Å². The second-order valence-corrected chi connectivity index (χ2v) is 5.09. The molecule has 0 radical (unpaired) electrons. The van der Waals surface area contributed by atoms with Gasteiger partial charge in [-0.1, -0.05) is 75.8 Å². The lowest BCUT2D eigenvalue weighted by molar-refractivity contribution is -0.256. The van der Waals surface area contributed by atoms with Gasteiger partial charge in [-0.2, -0.15) is 4.89 Å². The van der Waals surface area contributed by atoms with Gasteiger partial charge in [0.05, 0.1) is 13.0 Å². The lowest BCUT2D eigenvalue weighted by atomic mass is 9.93. The molecule has 112 valence electrons. The molecule has 0 saturated carbocycles. The Kier molecular flexibility index (Phi) is 8.72. The fourth-order valence-corrected chi connectivity index (χ4v) is 2.37. The van der Waals surface area contributed by atoms with Crippen molar-refractivity contribution in [2.24, 2.45) is 0 Å². The van der Waals surface area contributed by atoms with Gasteiger partial charge >= 0.3 is 5.97 Å². The summed E-state index contributed by atoms with van der Waals surface area (Å²) in [5.74, 6) is -0.519. The molecule has 1 unspecified atom stereocenters. The third-order valence-electron chi connectivity index (χ3n) is 3.50. The zero-order chi connectivity index (χ0) is 14.6. The van der Waals surface area contributed by atoms with E-state index in [2.05, 4.69) is 11.8 Å². The smallest absolute Gasteiger partial charge is 0.298 e. The van der Waals surface area contributed by atoms with Gasteiger partial charge in [0, 0.05) is 0 Å². The van der Waals surface area contributed by atoms with Gasteiger partial charge in [0.1, 0.15) is 0 Å². The third kappa shape index (κ3) is 6.20. The molecule has 0 bridgehead atoms. The molecule has 0 aliphatic heterocycles. The minimum atomic E-state index is -0.299. The molecule has 0 aliphatic rings. The Labute approximate surface area is 122 Å². The topological polar surface area (TPSA) is 35.5 Å². The van der Waals surface area contributed by atoms with Crippen LogP contribution in [0.15, 0.2) is 30.3 Å². The third-order valence-corrected chi connectivity index (χ3v) is 3.50. The molecule has 1 aromatic rings. The van der Waals surface area contributed by atoms with Gasteiger partial charge in [0.2, 0.25) is 0 Å². The van der Waals surface area contributed by atoms with Crippen molar-refractivity contribution in [1.82, 2.24) is 0 Å². The predicted octanol–water partition coefficient (Wildman–Crippen LogP) is 4.63. The number of hydrogen-bond donors (Lipinski definition) is 0. The van der Waals surface area contributed by atoms with E-state index in [1.165, 1.54) is 39.2 Å². The number of rotatable bonds is 10. The summed E-state index contributed by atoms with van der Waals surface area (Å²) in [7, 11) is 1.37.